The first-order valence-corrected chi connectivity index (χ1v) is 5.55. The van der Waals surface area contributed by atoms with Crippen molar-refractivity contribution in [2.45, 2.75) is 0 Å². The summed E-state index contributed by atoms with van der Waals surface area (Å²) in [6.07, 6.45) is 3.28. The lowest BCUT2D eigenvalue weighted by Gasteiger charge is -2.03. The molecule has 18 heavy (non-hydrogen) atoms. The van der Waals surface area contributed by atoms with Gasteiger partial charge in [0.15, 0.2) is 0 Å². The Morgan fingerprint density at radius 3 is 1.67 bits per heavy atom. The Morgan fingerprint density at radius 1 is 0.667 bits per heavy atom. The molecule has 3 rings (SSSR count). The first-order valence-electron chi connectivity index (χ1n) is 5.55. The molecule has 3 aromatic rings. The van der Waals surface area contributed by atoms with Crippen molar-refractivity contribution in [2.24, 2.45) is 0 Å². The zero-order valence-corrected chi connectivity index (χ0v) is 9.54. The lowest BCUT2D eigenvalue weighted by atomic mass is 10.2. The van der Waals surface area contributed by atoms with E-state index >= 15 is 0 Å². The number of pyridine rings is 3. The molecule has 84 valence electrons. The van der Waals surface area contributed by atoms with Crippen LogP contribution in [0.25, 0.3) is 22.8 Å². The van der Waals surface area contributed by atoms with Crippen LogP contribution < -0.4 is 0 Å². The van der Waals surface area contributed by atoms with Crippen LogP contribution in [-0.4, -0.2) is 15.0 Å². The Bertz CT molecular complexity index is 581. The molecule has 0 fully saturated rings. The summed E-state index contributed by atoms with van der Waals surface area (Å²) in [5.74, 6) is 0. The van der Waals surface area contributed by atoms with Crippen LogP contribution in [0.2, 0.25) is 0 Å². The van der Waals surface area contributed by atoms with Gasteiger partial charge in [0.1, 0.15) is 0 Å². The van der Waals surface area contributed by atoms with Gasteiger partial charge in [-0.05, 0) is 24.3 Å². The van der Waals surface area contributed by atoms with E-state index in [1.54, 1.807) is 12.4 Å². The van der Waals surface area contributed by atoms with Crippen LogP contribution in [0.5, 0.6) is 0 Å². The Kier molecular flexibility index (Phi) is 2.80. The van der Waals surface area contributed by atoms with Crippen molar-refractivity contribution in [3.05, 3.63) is 67.0 Å². The molecule has 0 atom stereocenters. The van der Waals surface area contributed by atoms with Crippen LogP contribution in [-0.2, 0) is 0 Å². The molecule has 0 saturated heterocycles. The SMILES string of the molecule is [c]1ccc(-c2cccc(-c3cc[c]cn3)n2)nc1. The molecule has 3 aromatic heterocycles. The van der Waals surface area contributed by atoms with Crippen molar-refractivity contribution in [1.29, 1.82) is 0 Å². The average Bonchev–Trinajstić information content (AvgIpc) is 2.49. The molecule has 3 nitrogen and oxygen atoms in total. The van der Waals surface area contributed by atoms with Gasteiger partial charge in [0.2, 0.25) is 0 Å². The topological polar surface area (TPSA) is 38.7 Å². The van der Waals surface area contributed by atoms with Crippen LogP contribution >= 0.6 is 0 Å². The highest BCUT2D eigenvalue weighted by Gasteiger charge is 2.04. The number of hydrogen-bond donors (Lipinski definition) is 0. The first-order chi connectivity index (χ1) is 8.93. The largest absolute Gasteiger partial charge is 0.254 e. The minimum atomic E-state index is 0.830. The molecular formula is C15H9N3. The highest BCUT2D eigenvalue weighted by atomic mass is 14.8. The summed E-state index contributed by atoms with van der Waals surface area (Å²) in [5, 5.41) is 0. The van der Waals surface area contributed by atoms with Gasteiger partial charge < -0.3 is 0 Å². The molecule has 0 aliphatic heterocycles. The van der Waals surface area contributed by atoms with Crippen LogP contribution in [0.3, 0.4) is 0 Å². The van der Waals surface area contributed by atoms with Crippen molar-refractivity contribution in [3.8, 4) is 22.8 Å². The normalized spacial score (nSPS) is 10.2. The van der Waals surface area contributed by atoms with Gasteiger partial charge in [-0.25, -0.2) is 4.98 Å². The predicted octanol–water partition coefficient (Wildman–Crippen LogP) is 2.81. The zero-order chi connectivity index (χ0) is 12.2. The van der Waals surface area contributed by atoms with Crippen LogP contribution in [0.4, 0.5) is 0 Å². The molecule has 3 heterocycles. The standard InChI is InChI=1S/C15H9N3/c1-3-10-16-12(6-1)14-8-5-9-15(18-14)13-7-2-4-11-17-13/h1-2,5-11H. The Balaban J connectivity index is 2.05. The molecule has 0 bridgehead atoms. The van der Waals surface area contributed by atoms with Gasteiger partial charge in [-0.15, -0.1) is 0 Å². The fourth-order valence-corrected chi connectivity index (χ4v) is 1.66. The summed E-state index contributed by atoms with van der Waals surface area (Å²) in [7, 11) is 0. The number of hydrogen-bond acceptors (Lipinski definition) is 3. The second kappa shape index (κ2) is 4.75. The summed E-state index contributed by atoms with van der Waals surface area (Å²) >= 11 is 0. The zero-order valence-electron chi connectivity index (χ0n) is 9.54. The summed E-state index contributed by atoms with van der Waals surface area (Å²) in [6.45, 7) is 0. The predicted molar refractivity (Wildman–Crippen MR) is 68.4 cm³/mol. The first kappa shape index (κ1) is 10.6. The van der Waals surface area contributed by atoms with E-state index in [2.05, 4.69) is 27.1 Å². The third-order valence-electron chi connectivity index (χ3n) is 2.51. The number of nitrogens with zero attached hydrogens (tertiary/aromatic N) is 3. The molecule has 0 spiro atoms. The monoisotopic (exact) mass is 231 g/mol. The molecule has 0 N–H and O–H groups in total. The summed E-state index contributed by atoms with van der Waals surface area (Å²) in [5.41, 5.74) is 3.32. The minimum Gasteiger partial charge on any atom is -0.254 e. The minimum absolute atomic E-state index is 0.830. The molecule has 0 aliphatic rings. The van der Waals surface area contributed by atoms with Gasteiger partial charge >= 0.3 is 0 Å². The second-order valence-electron chi connectivity index (χ2n) is 3.69. The smallest absolute Gasteiger partial charge is 0.0894 e. The Hall–Kier alpha value is -2.55. The maximum absolute atomic E-state index is 4.56. The molecule has 0 unspecified atom stereocenters. The van der Waals surface area contributed by atoms with E-state index in [-0.39, 0.29) is 0 Å². The van der Waals surface area contributed by atoms with Crippen LogP contribution in [0.15, 0.2) is 54.9 Å². The molecular weight excluding hydrogens is 222 g/mol. The van der Waals surface area contributed by atoms with Gasteiger partial charge in [-0.2, -0.15) is 0 Å². The summed E-state index contributed by atoms with van der Waals surface area (Å²) < 4.78 is 0. The quantitative estimate of drug-likeness (QED) is 0.680. The van der Waals surface area contributed by atoms with E-state index in [0.717, 1.165) is 22.8 Å². The van der Waals surface area contributed by atoms with Crippen LogP contribution in [0.1, 0.15) is 0 Å². The summed E-state index contributed by atoms with van der Waals surface area (Å²) in [4.78, 5) is 13.0. The number of aromatic nitrogens is 3. The fourth-order valence-electron chi connectivity index (χ4n) is 1.66. The molecule has 0 aromatic carbocycles. The second-order valence-corrected chi connectivity index (χ2v) is 3.69. The third kappa shape index (κ3) is 2.11. The molecule has 0 amide bonds. The maximum atomic E-state index is 4.56. The van der Waals surface area contributed by atoms with Crippen molar-refractivity contribution < 1.29 is 0 Å². The third-order valence-corrected chi connectivity index (χ3v) is 2.51. The van der Waals surface area contributed by atoms with Crippen molar-refractivity contribution in [3.63, 3.8) is 0 Å². The van der Waals surface area contributed by atoms with Gasteiger partial charge in [-0.3, -0.25) is 9.97 Å². The van der Waals surface area contributed by atoms with Crippen LogP contribution in [0, 0.1) is 12.1 Å². The lowest BCUT2D eigenvalue weighted by molar-refractivity contribution is 1.22. The van der Waals surface area contributed by atoms with Gasteiger partial charge in [0.25, 0.3) is 0 Å². The Morgan fingerprint density at radius 2 is 1.22 bits per heavy atom. The molecule has 2 radical (unpaired) electrons. The number of rotatable bonds is 2. The van der Waals surface area contributed by atoms with E-state index in [0.29, 0.717) is 0 Å². The Labute approximate surface area is 105 Å². The molecule has 3 heteroatoms. The molecule has 0 aliphatic carbocycles. The molecule has 0 saturated carbocycles. The summed E-state index contributed by atoms with van der Waals surface area (Å²) in [6, 6.07) is 19.0. The van der Waals surface area contributed by atoms with E-state index in [1.165, 1.54) is 0 Å². The van der Waals surface area contributed by atoms with Crippen molar-refractivity contribution >= 4 is 0 Å². The van der Waals surface area contributed by atoms with E-state index in [4.69, 9.17) is 0 Å². The van der Waals surface area contributed by atoms with Gasteiger partial charge in [0.05, 0.1) is 22.8 Å². The van der Waals surface area contributed by atoms with Crippen molar-refractivity contribution in [1.82, 2.24) is 15.0 Å². The van der Waals surface area contributed by atoms with Gasteiger partial charge in [0, 0.05) is 24.5 Å². The fraction of sp³-hybridized carbons (Fsp3) is 0. The lowest BCUT2D eigenvalue weighted by Crippen LogP contribution is -1.90. The van der Waals surface area contributed by atoms with E-state index in [1.807, 2.05) is 42.5 Å². The highest BCUT2D eigenvalue weighted by molar-refractivity contribution is 5.61. The average molecular weight is 231 g/mol. The highest BCUT2D eigenvalue weighted by Crippen LogP contribution is 2.19. The van der Waals surface area contributed by atoms with E-state index < -0.39 is 0 Å². The van der Waals surface area contributed by atoms with Gasteiger partial charge in [-0.1, -0.05) is 18.2 Å². The van der Waals surface area contributed by atoms with E-state index in [9.17, 15) is 0 Å². The maximum Gasteiger partial charge on any atom is 0.0894 e. The van der Waals surface area contributed by atoms with Crippen molar-refractivity contribution in [2.75, 3.05) is 0 Å².